The summed E-state index contributed by atoms with van der Waals surface area (Å²) in [5.74, 6) is -0.460. The van der Waals surface area contributed by atoms with Crippen LogP contribution in [0.15, 0.2) is 52.9 Å². The van der Waals surface area contributed by atoms with Gasteiger partial charge in [-0.15, -0.1) is 0 Å². The molecule has 0 fully saturated rings. The number of aromatic nitrogens is 1. The summed E-state index contributed by atoms with van der Waals surface area (Å²) < 4.78 is 30.9. The molecular weight excluding hydrogens is 476 g/mol. The Morgan fingerprint density at radius 1 is 1.15 bits per heavy atom. The van der Waals surface area contributed by atoms with Crippen molar-refractivity contribution in [3.63, 3.8) is 0 Å². The lowest BCUT2D eigenvalue weighted by Crippen LogP contribution is -2.23. The summed E-state index contributed by atoms with van der Waals surface area (Å²) in [6.07, 6.45) is 0.864. The Hall–Kier alpha value is -2.63. The molecule has 3 aromatic rings. The molecule has 0 saturated carbocycles. The van der Waals surface area contributed by atoms with Crippen molar-refractivity contribution in [1.29, 1.82) is 0 Å². The summed E-state index contributed by atoms with van der Waals surface area (Å²) in [5.41, 5.74) is 3.32. The number of sulfone groups is 1. The summed E-state index contributed by atoms with van der Waals surface area (Å²) in [6, 6.07) is 9.53. The maximum absolute atomic E-state index is 13.2. The van der Waals surface area contributed by atoms with Crippen molar-refractivity contribution in [2.45, 2.75) is 45.0 Å². The number of benzene rings is 2. The molecule has 0 bridgehead atoms. The molecule has 1 atom stereocenters. The SMILES string of the molecule is CCS(=O)(=O)c1ccc(C(OCC=C(C)C)C(=O)Nc2nc3cc(CO)c(CO)cc3s2)cc1. The van der Waals surface area contributed by atoms with E-state index in [9.17, 15) is 23.4 Å². The number of anilines is 1. The Bertz CT molecular complexity index is 1250. The van der Waals surface area contributed by atoms with E-state index in [1.54, 1.807) is 31.2 Å². The van der Waals surface area contributed by atoms with Gasteiger partial charge in [0, 0.05) is 0 Å². The van der Waals surface area contributed by atoms with Gasteiger partial charge in [-0.25, -0.2) is 13.4 Å². The van der Waals surface area contributed by atoms with Gasteiger partial charge in [0.15, 0.2) is 21.1 Å². The number of thiazole rings is 1. The number of nitrogens with zero attached hydrogens (tertiary/aromatic N) is 1. The first kappa shape index (κ1) is 26.0. The Balaban J connectivity index is 1.88. The highest BCUT2D eigenvalue weighted by atomic mass is 32.2. The molecule has 2 aromatic carbocycles. The molecule has 8 nitrogen and oxygen atoms in total. The fraction of sp³-hybridized carbons (Fsp3) is 0.333. The van der Waals surface area contributed by atoms with E-state index in [-0.39, 0.29) is 30.5 Å². The van der Waals surface area contributed by atoms with Gasteiger partial charge in [0.2, 0.25) is 0 Å². The first-order valence-corrected chi connectivity index (χ1v) is 13.2. The van der Waals surface area contributed by atoms with E-state index < -0.39 is 21.8 Å². The second-order valence-corrected chi connectivity index (χ2v) is 11.2. The predicted octanol–water partition coefficient (Wildman–Crippen LogP) is 3.74. The van der Waals surface area contributed by atoms with Gasteiger partial charge >= 0.3 is 0 Å². The zero-order valence-electron chi connectivity index (χ0n) is 19.2. The van der Waals surface area contributed by atoms with Crippen LogP contribution in [-0.2, 0) is 32.6 Å². The molecular formula is C24H28N2O6S2. The minimum atomic E-state index is -3.36. The van der Waals surface area contributed by atoms with Crippen molar-refractivity contribution < 1.29 is 28.2 Å². The molecule has 1 amide bonds. The number of rotatable bonds is 10. The van der Waals surface area contributed by atoms with E-state index in [2.05, 4.69) is 10.3 Å². The number of allylic oxidation sites excluding steroid dienone is 1. The summed E-state index contributed by atoms with van der Waals surface area (Å²) >= 11 is 1.24. The van der Waals surface area contributed by atoms with E-state index in [1.165, 1.54) is 23.5 Å². The molecule has 0 spiro atoms. The van der Waals surface area contributed by atoms with Crippen molar-refractivity contribution >= 4 is 42.4 Å². The zero-order valence-corrected chi connectivity index (χ0v) is 20.9. The highest BCUT2D eigenvalue weighted by molar-refractivity contribution is 7.91. The fourth-order valence-corrected chi connectivity index (χ4v) is 5.03. The highest BCUT2D eigenvalue weighted by Gasteiger charge is 2.24. The molecule has 10 heteroatoms. The van der Waals surface area contributed by atoms with Crippen molar-refractivity contribution in [3.05, 3.63) is 64.7 Å². The Labute approximate surface area is 202 Å². The Morgan fingerprint density at radius 3 is 2.38 bits per heavy atom. The molecule has 1 unspecified atom stereocenters. The quantitative estimate of drug-likeness (QED) is 0.359. The van der Waals surface area contributed by atoms with Gasteiger partial charge < -0.3 is 14.9 Å². The molecule has 0 aliphatic rings. The summed E-state index contributed by atoms with van der Waals surface area (Å²) in [7, 11) is -3.36. The number of ether oxygens (including phenoxy) is 1. The predicted molar refractivity (Wildman–Crippen MR) is 132 cm³/mol. The average Bonchev–Trinajstić information content (AvgIpc) is 3.21. The minimum Gasteiger partial charge on any atom is -0.392 e. The minimum absolute atomic E-state index is 0.0130. The summed E-state index contributed by atoms with van der Waals surface area (Å²) in [4.78, 5) is 17.8. The zero-order chi connectivity index (χ0) is 24.9. The third-order valence-electron chi connectivity index (χ3n) is 5.20. The van der Waals surface area contributed by atoms with Crippen LogP contribution >= 0.6 is 11.3 Å². The van der Waals surface area contributed by atoms with E-state index in [0.29, 0.717) is 27.3 Å². The van der Waals surface area contributed by atoms with Gasteiger partial charge in [0.1, 0.15) is 0 Å². The molecule has 1 heterocycles. The lowest BCUT2D eigenvalue weighted by Gasteiger charge is -2.17. The van der Waals surface area contributed by atoms with Gasteiger partial charge in [-0.1, -0.05) is 42.0 Å². The molecule has 0 radical (unpaired) electrons. The molecule has 0 saturated heterocycles. The van der Waals surface area contributed by atoms with Crippen LogP contribution in [0.2, 0.25) is 0 Å². The van der Waals surface area contributed by atoms with E-state index in [4.69, 9.17) is 4.74 Å². The van der Waals surface area contributed by atoms with Gasteiger partial charge in [0.25, 0.3) is 5.91 Å². The number of nitrogens with one attached hydrogen (secondary N) is 1. The van der Waals surface area contributed by atoms with Gasteiger partial charge in [0.05, 0.1) is 40.7 Å². The third-order valence-corrected chi connectivity index (χ3v) is 7.88. The van der Waals surface area contributed by atoms with Crippen LogP contribution in [0.3, 0.4) is 0 Å². The number of hydrogen-bond acceptors (Lipinski definition) is 8. The Morgan fingerprint density at radius 2 is 1.79 bits per heavy atom. The van der Waals surface area contributed by atoms with Crippen molar-refractivity contribution in [3.8, 4) is 0 Å². The third kappa shape index (κ3) is 6.08. The number of aliphatic hydroxyl groups excluding tert-OH is 2. The molecule has 3 rings (SSSR count). The van der Waals surface area contributed by atoms with Crippen molar-refractivity contribution in [2.24, 2.45) is 0 Å². The van der Waals surface area contributed by atoms with Crippen LogP contribution in [0.5, 0.6) is 0 Å². The summed E-state index contributed by atoms with van der Waals surface area (Å²) in [6.45, 7) is 5.18. The average molecular weight is 505 g/mol. The van der Waals surface area contributed by atoms with Crippen molar-refractivity contribution in [1.82, 2.24) is 4.98 Å². The lowest BCUT2D eigenvalue weighted by molar-refractivity contribution is -0.127. The number of amides is 1. The second kappa shape index (κ2) is 11.2. The number of aliphatic hydroxyl groups is 2. The second-order valence-electron chi connectivity index (χ2n) is 7.88. The molecule has 3 N–H and O–H groups in total. The fourth-order valence-electron chi connectivity index (χ4n) is 3.23. The number of hydrogen-bond donors (Lipinski definition) is 3. The number of fused-ring (bicyclic) bond motifs is 1. The lowest BCUT2D eigenvalue weighted by atomic mass is 10.1. The first-order chi connectivity index (χ1) is 16.2. The van der Waals surface area contributed by atoms with Crippen LogP contribution in [0, 0.1) is 0 Å². The molecule has 182 valence electrons. The molecule has 1 aromatic heterocycles. The number of carbonyl (C=O) groups is 1. The Kier molecular flexibility index (Phi) is 8.56. The van der Waals surface area contributed by atoms with E-state index in [0.717, 1.165) is 10.3 Å². The van der Waals surface area contributed by atoms with Gasteiger partial charge in [-0.05, 0) is 54.8 Å². The van der Waals surface area contributed by atoms with Gasteiger partial charge in [-0.2, -0.15) is 0 Å². The topological polar surface area (TPSA) is 126 Å². The standard InChI is InChI=1S/C24H28N2O6S2/c1-4-34(30,31)19-7-5-16(6-8-19)22(32-10-9-15(2)3)23(29)26-24-25-20-11-17(13-27)18(14-28)12-21(20)33-24/h5-9,11-12,22,27-28H,4,10,13-14H2,1-3H3,(H,25,26,29). The largest absolute Gasteiger partial charge is 0.392 e. The monoisotopic (exact) mass is 504 g/mol. The maximum atomic E-state index is 13.2. The van der Waals surface area contributed by atoms with Crippen LogP contribution in [-0.4, -0.2) is 41.9 Å². The van der Waals surface area contributed by atoms with E-state index >= 15 is 0 Å². The van der Waals surface area contributed by atoms with Gasteiger partial charge in [-0.3, -0.25) is 10.1 Å². The smallest absolute Gasteiger partial charge is 0.259 e. The maximum Gasteiger partial charge on any atom is 0.259 e. The molecule has 0 aliphatic carbocycles. The first-order valence-electron chi connectivity index (χ1n) is 10.7. The summed E-state index contributed by atoms with van der Waals surface area (Å²) in [5, 5.41) is 22.1. The number of carbonyl (C=O) groups excluding carboxylic acids is 1. The van der Waals surface area contributed by atoms with Crippen LogP contribution in [0.4, 0.5) is 5.13 Å². The highest BCUT2D eigenvalue weighted by Crippen LogP contribution is 2.30. The van der Waals surface area contributed by atoms with Crippen molar-refractivity contribution in [2.75, 3.05) is 17.7 Å². The van der Waals surface area contributed by atoms with E-state index in [1.807, 2.05) is 19.9 Å². The molecule has 34 heavy (non-hydrogen) atoms. The van der Waals surface area contributed by atoms with Crippen LogP contribution in [0.25, 0.3) is 10.2 Å². The van der Waals surface area contributed by atoms with Crippen LogP contribution < -0.4 is 5.32 Å². The van der Waals surface area contributed by atoms with Crippen LogP contribution in [0.1, 0.15) is 43.6 Å². The normalized spacial score (nSPS) is 12.5. The molecule has 0 aliphatic heterocycles.